The SMILES string of the molecule is CC(C)CNCC(C)CN1CCSC(C)C1C. The minimum atomic E-state index is 0.737. The summed E-state index contributed by atoms with van der Waals surface area (Å²) in [6, 6.07) is 0.737. The quantitative estimate of drug-likeness (QED) is 0.788. The summed E-state index contributed by atoms with van der Waals surface area (Å²) in [7, 11) is 0. The molecule has 0 aromatic rings. The van der Waals surface area contributed by atoms with Crippen molar-refractivity contribution >= 4 is 11.8 Å². The lowest BCUT2D eigenvalue weighted by atomic mass is 10.1. The third kappa shape index (κ3) is 5.62. The van der Waals surface area contributed by atoms with Crippen LogP contribution in [0.3, 0.4) is 0 Å². The van der Waals surface area contributed by atoms with Gasteiger partial charge in [-0.25, -0.2) is 0 Å². The van der Waals surface area contributed by atoms with Gasteiger partial charge in [-0.3, -0.25) is 4.90 Å². The fourth-order valence-electron chi connectivity index (χ4n) is 2.34. The average molecular weight is 258 g/mol. The van der Waals surface area contributed by atoms with Crippen LogP contribution in [0.4, 0.5) is 0 Å². The molecule has 0 saturated carbocycles. The third-order valence-electron chi connectivity index (χ3n) is 3.61. The third-order valence-corrected chi connectivity index (χ3v) is 4.94. The van der Waals surface area contributed by atoms with Crippen LogP contribution in [0, 0.1) is 11.8 Å². The minimum Gasteiger partial charge on any atom is -0.316 e. The van der Waals surface area contributed by atoms with Gasteiger partial charge in [-0.2, -0.15) is 11.8 Å². The van der Waals surface area contributed by atoms with Crippen LogP contribution in [-0.2, 0) is 0 Å². The summed E-state index contributed by atoms with van der Waals surface area (Å²) in [6.45, 7) is 16.5. The number of hydrogen-bond donors (Lipinski definition) is 1. The first-order valence-corrected chi connectivity index (χ1v) is 8.12. The van der Waals surface area contributed by atoms with E-state index >= 15 is 0 Å². The molecule has 1 aliphatic heterocycles. The molecule has 0 bridgehead atoms. The Morgan fingerprint density at radius 1 is 1.24 bits per heavy atom. The van der Waals surface area contributed by atoms with Crippen molar-refractivity contribution in [3.05, 3.63) is 0 Å². The highest BCUT2D eigenvalue weighted by Gasteiger charge is 2.25. The second-order valence-electron chi connectivity index (χ2n) is 5.97. The molecule has 0 aromatic carbocycles. The van der Waals surface area contributed by atoms with E-state index in [0.717, 1.165) is 36.2 Å². The fourth-order valence-corrected chi connectivity index (χ4v) is 3.50. The summed E-state index contributed by atoms with van der Waals surface area (Å²) in [6.07, 6.45) is 0. The summed E-state index contributed by atoms with van der Waals surface area (Å²) in [5.41, 5.74) is 0. The van der Waals surface area contributed by atoms with Gasteiger partial charge in [0.15, 0.2) is 0 Å². The molecule has 1 aliphatic rings. The topological polar surface area (TPSA) is 15.3 Å². The highest BCUT2D eigenvalue weighted by molar-refractivity contribution is 8.00. The van der Waals surface area contributed by atoms with Gasteiger partial charge in [0.05, 0.1) is 0 Å². The van der Waals surface area contributed by atoms with Gasteiger partial charge in [-0.15, -0.1) is 0 Å². The molecule has 2 nitrogen and oxygen atoms in total. The average Bonchev–Trinajstić information content (AvgIpc) is 2.24. The normalized spacial score (nSPS) is 28.6. The van der Waals surface area contributed by atoms with E-state index in [1.54, 1.807) is 0 Å². The predicted octanol–water partition coefficient (Wildman–Crippen LogP) is 2.69. The first-order valence-electron chi connectivity index (χ1n) is 7.07. The summed E-state index contributed by atoms with van der Waals surface area (Å²) in [5, 5.41) is 4.36. The van der Waals surface area contributed by atoms with Crippen LogP contribution < -0.4 is 5.32 Å². The van der Waals surface area contributed by atoms with E-state index in [4.69, 9.17) is 0 Å². The summed E-state index contributed by atoms with van der Waals surface area (Å²) in [5.74, 6) is 2.82. The van der Waals surface area contributed by atoms with Gasteiger partial charge in [0.2, 0.25) is 0 Å². The van der Waals surface area contributed by atoms with Crippen LogP contribution in [0.25, 0.3) is 0 Å². The molecule has 3 heteroatoms. The molecular formula is C14H30N2S. The first-order chi connectivity index (χ1) is 8.00. The Hall–Kier alpha value is 0.270. The zero-order valence-electron chi connectivity index (χ0n) is 12.2. The molecule has 0 aliphatic carbocycles. The largest absolute Gasteiger partial charge is 0.316 e. The van der Waals surface area contributed by atoms with Crippen molar-refractivity contribution in [2.24, 2.45) is 11.8 Å². The highest BCUT2D eigenvalue weighted by atomic mass is 32.2. The van der Waals surface area contributed by atoms with Gasteiger partial charge in [0.1, 0.15) is 0 Å². The molecule has 0 spiro atoms. The molecule has 0 radical (unpaired) electrons. The zero-order chi connectivity index (χ0) is 12.8. The lowest BCUT2D eigenvalue weighted by Gasteiger charge is -2.39. The molecule has 102 valence electrons. The van der Waals surface area contributed by atoms with Crippen LogP contribution in [0.1, 0.15) is 34.6 Å². The van der Waals surface area contributed by atoms with E-state index < -0.39 is 0 Å². The summed E-state index contributed by atoms with van der Waals surface area (Å²) in [4.78, 5) is 2.67. The Bertz CT molecular complexity index is 208. The zero-order valence-corrected chi connectivity index (χ0v) is 13.0. The lowest BCUT2D eigenvalue weighted by molar-refractivity contribution is 0.183. The Balaban J connectivity index is 2.22. The van der Waals surface area contributed by atoms with E-state index in [2.05, 4.69) is 56.6 Å². The molecule has 1 rings (SSSR count). The second kappa shape index (κ2) is 7.65. The molecule has 1 saturated heterocycles. The molecule has 17 heavy (non-hydrogen) atoms. The van der Waals surface area contributed by atoms with Crippen molar-refractivity contribution in [2.45, 2.75) is 45.9 Å². The fraction of sp³-hybridized carbons (Fsp3) is 1.00. The van der Waals surface area contributed by atoms with Crippen molar-refractivity contribution in [2.75, 3.05) is 31.9 Å². The van der Waals surface area contributed by atoms with E-state index in [1.807, 2.05) is 0 Å². The van der Waals surface area contributed by atoms with Crippen molar-refractivity contribution in [3.63, 3.8) is 0 Å². The Morgan fingerprint density at radius 3 is 2.59 bits per heavy atom. The van der Waals surface area contributed by atoms with Gasteiger partial charge >= 0.3 is 0 Å². The van der Waals surface area contributed by atoms with Crippen molar-refractivity contribution < 1.29 is 0 Å². The number of thioether (sulfide) groups is 1. The number of hydrogen-bond acceptors (Lipinski definition) is 3. The number of nitrogens with one attached hydrogen (secondary N) is 1. The molecule has 1 fully saturated rings. The minimum absolute atomic E-state index is 0.737. The second-order valence-corrected chi connectivity index (χ2v) is 7.45. The monoisotopic (exact) mass is 258 g/mol. The molecule has 1 N–H and O–H groups in total. The maximum atomic E-state index is 3.57. The number of nitrogens with zero attached hydrogens (tertiary/aromatic N) is 1. The lowest BCUT2D eigenvalue weighted by Crippen LogP contribution is -2.47. The smallest absolute Gasteiger partial charge is 0.0184 e. The van der Waals surface area contributed by atoms with Crippen molar-refractivity contribution in [3.8, 4) is 0 Å². The van der Waals surface area contributed by atoms with Crippen molar-refractivity contribution in [1.29, 1.82) is 0 Å². The van der Waals surface area contributed by atoms with Gasteiger partial charge in [0.25, 0.3) is 0 Å². The van der Waals surface area contributed by atoms with E-state index in [0.29, 0.717) is 0 Å². The van der Waals surface area contributed by atoms with Crippen LogP contribution in [0.5, 0.6) is 0 Å². The highest BCUT2D eigenvalue weighted by Crippen LogP contribution is 2.24. The Labute approximate surface area is 112 Å². The standard InChI is InChI=1S/C14H30N2S/c1-11(2)8-15-9-12(3)10-16-6-7-17-14(5)13(16)4/h11-15H,6-10H2,1-5H3. The van der Waals surface area contributed by atoms with Crippen LogP contribution in [0.2, 0.25) is 0 Å². The van der Waals surface area contributed by atoms with Gasteiger partial charge in [0, 0.05) is 30.1 Å². The van der Waals surface area contributed by atoms with Crippen molar-refractivity contribution in [1.82, 2.24) is 10.2 Å². The van der Waals surface area contributed by atoms with E-state index in [-0.39, 0.29) is 0 Å². The van der Waals surface area contributed by atoms with Gasteiger partial charge in [-0.05, 0) is 31.8 Å². The Morgan fingerprint density at radius 2 is 1.94 bits per heavy atom. The molecular weight excluding hydrogens is 228 g/mol. The molecule has 0 aromatic heterocycles. The maximum Gasteiger partial charge on any atom is 0.0184 e. The van der Waals surface area contributed by atoms with Crippen LogP contribution in [-0.4, -0.2) is 48.1 Å². The molecule has 1 heterocycles. The predicted molar refractivity (Wildman–Crippen MR) is 79.8 cm³/mol. The molecule has 3 atom stereocenters. The molecule has 3 unspecified atom stereocenters. The summed E-state index contributed by atoms with van der Waals surface area (Å²) < 4.78 is 0. The van der Waals surface area contributed by atoms with Gasteiger partial charge < -0.3 is 5.32 Å². The van der Waals surface area contributed by atoms with Gasteiger partial charge in [-0.1, -0.05) is 27.7 Å². The van der Waals surface area contributed by atoms with Crippen LogP contribution >= 0.6 is 11.8 Å². The molecule has 0 amide bonds. The number of rotatable bonds is 6. The maximum absolute atomic E-state index is 3.57. The first kappa shape index (κ1) is 15.3. The Kier molecular flexibility index (Phi) is 6.90. The van der Waals surface area contributed by atoms with Crippen LogP contribution in [0.15, 0.2) is 0 Å². The van der Waals surface area contributed by atoms with E-state index in [1.165, 1.54) is 18.8 Å². The summed E-state index contributed by atoms with van der Waals surface area (Å²) >= 11 is 2.12. The van der Waals surface area contributed by atoms with E-state index in [9.17, 15) is 0 Å².